The summed E-state index contributed by atoms with van der Waals surface area (Å²) in [6, 6.07) is 0. The molecule has 1 nitrogen and oxygen atoms in total. The maximum absolute atomic E-state index is 12.7. The van der Waals surface area contributed by atoms with Crippen LogP contribution in [-0.2, 0) is 4.79 Å². The number of allylic oxidation sites excluding steroid dienone is 1. The third-order valence-electron chi connectivity index (χ3n) is 2.52. The molecule has 13 heavy (non-hydrogen) atoms. The summed E-state index contributed by atoms with van der Waals surface area (Å²) in [5.41, 5.74) is 0. The fraction of sp³-hybridized carbons (Fsp3) is 0.700. The predicted octanol–water partition coefficient (Wildman–Crippen LogP) is 2.96. The predicted molar refractivity (Wildman–Crippen MR) is 46.7 cm³/mol. The Balaban J connectivity index is 2.40. The minimum atomic E-state index is -2.54. The molecule has 0 atom stereocenters. The van der Waals surface area contributed by atoms with E-state index in [0.29, 0.717) is 19.3 Å². The van der Waals surface area contributed by atoms with Gasteiger partial charge < -0.3 is 0 Å². The SMILES string of the molecule is C=CCC(=O)C1CCC(F)(F)CC1. The van der Waals surface area contributed by atoms with Gasteiger partial charge in [-0.1, -0.05) is 6.08 Å². The van der Waals surface area contributed by atoms with Gasteiger partial charge in [0.1, 0.15) is 5.78 Å². The first kappa shape index (κ1) is 10.4. The highest BCUT2D eigenvalue weighted by Gasteiger charge is 2.36. The van der Waals surface area contributed by atoms with Crippen LogP contribution in [0.3, 0.4) is 0 Å². The molecule has 0 radical (unpaired) electrons. The lowest BCUT2D eigenvalue weighted by Gasteiger charge is -2.26. The second-order valence-corrected chi connectivity index (χ2v) is 3.59. The standard InChI is InChI=1S/C10H14F2O/c1-2-3-9(13)8-4-6-10(11,12)7-5-8/h2,8H,1,3-7H2. The van der Waals surface area contributed by atoms with E-state index in [9.17, 15) is 13.6 Å². The lowest BCUT2D eigenvalue weighted by atomic mass is 9.83. The van der Waals surface area contributed by atoms with Crippen LogP contribution in [0.5, 0.6) is 0 Å². The van der Waals surface area contributed by atoms with E-state index in [0.717, 1.165) is 0 Å². The normalized spacial score (nSPS) is 22.6. The van der Waals surface area contributed by atoms with E-state index in [1.54, 1.807) is 0 Å². The Labute approximate surface area is 76.8 Å². The van der Waals surface area contributed by atoms with Crippen LogP contribution in [0.15, 0.2) is 12.7 Å². The lowest BCUT2D eigenvalue weighted by molar-refractivity contribution is -0.126. The first-order valence-electron chi connectivity index (χ1n) is 4.56. The molecule has 0 aromatic rings. The highest BCUT2D eigenvalue weighted by atomic mass is 19.3. The second-order valence-electron chi connectivity index (χ2n) is 3.59. The first-order valence-corrected chi connectivity index (χ1v) is 4.56. The van der Waals surface area contributed by atoms with Crippen molar-refractivity contribution in [2.75, 3.05) is 0 Å². The summed E-state index contributed by atoms with van der Waals surface area (Å²) < 4.78 is 25.4. The quantitative estimate of drug-likeness (QED) is 0.622. The largest absolute Gasteiger partial charge is 0.299 e. The van der Waals surface area contributed by atoms with Crippen LogP contribution in [-0.4, -0.2) is 11.7 Å². The molecule has 0 saturated heterocycles. The zero-order chi connectivity index (χ0) is 9.90. The van der Waals surface area contributed by atoms with Gasteiger partial charge in [-0.05, 0) is 12.8 Å². The van der Waals surface area contributed by atoms with Crippen molar-refractivity contribution in [2.24, 2.45) is 5.92 Å². The number of rotatable bonds is 3. The van der Waals surface area contributed by atoms with Gasteiger partial charge in [-0.2, -0.15) is 0 Å². The number of hydrogen-bond acceptors (Lipinski definition) is 1. The molecule has 0 aliphatic heterocycles. The van der Waals surface area contributed by atoms with Crippen molar-refractivity contribution >= 4 is 5.78 Å². The molecule has 0 amide bonds. The van der Waals surface area contributed by atoms with Gasteiger partial charge in [0.2, 0.25) is 5.92 Å². The zero-order valence-corrected chi connectivity index (χ0v) is 7.56. The van der Waals surface area contributed by atoms with Crippen LogP contribution in [0.25, 0.3) is 0 Å². The maximum atomic E-state index is 12.7. The van der Waals surface area contributed by atoms with Gasteiger partial charge in [0, 0.05) is 25.2 Å². The van der Waals surface area contributed by atoms with Gasteiger partial charge >= 0.3 is 0 Å². The van der Waals surface area contributed by atoms with E-state index in [1.165, 1.54) is 6.08 Å². The number of halogens is 2. The molecule has 3 heteroatoms. The van der Waals surface area contributed by atoms with Gasteiger partial charge in [-0.3, -0.25) is 4.79 Å². The first-order chi connectivity index (χ1) is 6.05. The van der Waals surface area contributed by atoms with Crippen molar-refractivity contribution in [3.8, 4) is 0 Å². The number of alkyl halides is 2. The van der Waals surface area contributed by atoms with E-state index in [-0.39, 0.29) is 24.5 Å². The molecule has 1 saturated carbocycles. The molecule has 0 unspecified atom stereocenters. The van der Waals surface area contributed by atoms with Gasteiger partial charge in [-0.25, -0.2) is 8.78 Å². The number of ketones is 1. The Morgan fingerprint density at radius 1 is 1.46 bits per heavy atom. The monoisotopic (exact) mass is 188 g/mol. The topological polar surface area (TPSA) is 17.1 Å². The van der Waals surface area contributed by atoms with Crippen LogP contribution in [0.2, 0.25) is 0 Å². The Kier molecular flexibility index (Phi) is 3.17. The summed E-state index contributed by atoms with van der Waals surface area (Å²) >= 11 is 0. The minimum Gasteiger partial charge on any atom is -0.299 e. The molecule has 0 heterocycles. The van der Waals surface area contributed by atoms with Gasteiger partial charge in [-0.15, -0.1) is 6.58 Å². The summed E-state index contributed by atoms with van der Waals surface area (Å²) in [5.74, 6) is -2.63. The molecular weight excluding hydrogens is 174 g/mol. The number of Topliss-reactive ketones (excluding diaryl/α,β-unsaturated/α-hetero) is 1. The average Bonchev–Trinajstić information content (AvgIpc) is 2.04. The van der Waals surface area contributed by atoms with E-state index in [1.807, 2.05) is 0 Å². The Morgan fingerprint density at radius 2 is 2.00 bits per heavy atom. The molecule has 0 N–H and O–H groups in total. The highest BCUT2D eigenvalue weighted by molar-refractivity contribution is 5.82. The summed E-state index contributed by atoms with van der Waals surface area (Å²) in [5, 5.41) is 0. The van der Waals surface area contributed by atoms with Crippen molar-refractivity contribution in [1.82, 2.24) is 0 Å². The molecule has 1 aliphatic rings. The third-order valence-corrected chi connectivity index (χ3v) is 2.52. The molecule has 1 aliphatic carbocycles. The smallest absolute Gasteiger partial charge is 0.248 e. The van der Waals surface area contributed by atoms with Crippen molar-refractivity contribution in [2.45, 2.75) is 38.0 Å². The van der Waals surface area contributed by atoms with Gasteiger partial charge in [0.15, 0.2) is 0 Å². The molecular formula is C10H14F2O. The zero-order valence-electron chi connectivity index (χ0n) is 7.56. The van der Waals surface area contributed by atoms with Gasteiger partial charge in [0.25, 0.3) is 0 Å². The summed E-state index contributed by atoms with van der Waals surface area (Å²) in [4.78, 5) is 11.3. The van der Waals surface area contributed by atoms with Crippen LogP contribution < -0.4 is 0 Å². The molecule has 0 spiro atoms. The fourth-order valence-electron chi connectivity index (χ4n) is 1.67. The number of carbonyl (C=O) groups excluding carboxylic acids is 1. The fourth-order valence-corrected chi connectivity index (χ4v) is 1.67. The lowest BCUT2D eigenvalue weighted by Crippen LogP contribution is -2.28. The van der Waals surface area contributed by atoms with Crippen molar-refractivity contribution < 1.29 is 13.6 Å². The van der Waals surface area contributed by atoms with Crippen molar-refractivity contribution in [1.29, 1.82) is 0 Å². The molecule has 0 aromatic carbocycles. The molecule has 0 aromatic heterocycles. The average molecular weight is 188 g/mol. The van der Waals surface area contributed by atoms with Gasteiger partial charge in [0.05, 0.1) is 0 Å². The van der Waals surface area contributed by atoms with Crippen LogP contribution >= 0.6 is 0 Å². The Hall–Kier alpha value is -0.730. The molecule has 74 valence electrons. The molecule has 1 fully saturated rings. The van der Waals surface area contributed by atoms with E-state index in [2.05, 4.69) is 6.58 Å². The third kappa shape index (κ3) is 2.90. The van der Waals surface area contributed by atoms with Crippen molar-refractivity contribution in [3.05, 3.63) is 12.7 Å². The molecule has 1 rings (SSSR count). The van der Waals surface area contributed by atoms with E-state index >= 15 is 0 Å². The number of carbonyl (C=O) groups is 1. The van der Waals surface area contributed by atoms with Crippen LogP contribution in [0.1, 0.15) is 32.1 Å². The Bertz CT molecular complexity index is 201. The van der Waals surface area contributed by atoms with Crippen LogP contribution in [0, 0.1) is 5.92 Å². The van der Waals surface area contributed by atoms with Crippen LogP contribution in [0.4, 0.5) is 8.78 Å². The maximum Gasteiger partial charge on any atom is 0.248 e. The summed E-state index contributed by atoms with van der Waals surface area (Å²) in [6.45, 7) is 3.46. The van der Waals surface area contributed by atoms with E-state index in [4.69, 9.17) is 0 Å². The Morgan fingerprint density at radius 3 is 2.46 bits per heavy atom. The minimum absolute atomic E-state index is 0.0606. The van der Waals surface area contributed by atoms with E-state index < -0.39 is 5.92 Å². The highest BCUT2D eigenvalue weighted by Crippen LogP contribution is 2.36. The molecule has 0 bridgehead atoms. The number of hydrogen-bond donors (Lipinski definition) is 0. The second kappa shape index (κ2) is 3.99. The van der Waals surface area contributed by atoms with Crippen molar-refractivity contribution in [3.63, 3.8) is 0 Å². The summed E-state index contributed by atoms with van der Waals surface area (Å²) in [6.07, 6.45) is 2.24. The summed E-state index contributed by atoms with van der Waals surface area (Å²) in [7, 11) is 0.